The lowest BCUT2D eigenvalue weighted by atomic mass is 9.88. The molecule has 2 aliphatic rings. The molecule has 0 spiro atoms. The van der Waals surface area contributed by atoms with E-state index in [0.29, 0.717) is 53.3 Å². The average Bonchev–Trinajstić information content (AvgIpc) is 2.93. The minimum Gasteiger partial charge on any atom is -0.495 e. The van der Waals surface area contributed by atoms with E-state index in [1.54, 1.807) is 18.3 Å². The van der Waals surface area contributed by atoms with Crippen LogP contribution >= 0.6 is 23.2 Å². The van der Waals surface area contributed by atoms with Gasteiger partial charge in [-0.1, -0.05) is 29.8 Å². The number of pyridine rings is 1. The van der Waals surface area contributed by atoms with Crippen LogP contribution in [0.2, 0.25) is 10.0 Å². The number of hydrogen-bond acceptors (Lipinski definition) is 9. The summed E-state index contributed by atoms with van der Waals surface area (Å²) in [6.45, 7) is 4.31. The second kappa shape index (κ2) is 11.8. The Kier molecular flexibility index (Phi) is 8.35. The molecule has 2 aromatic heterocycles. The topological polar surface area (TPSA) is 120 Å². The quantitative estimate of drug-likeness (QED) is 0.285. The lowest BCUT2D eigenvalue weighted by Gasteiger charge is -2.35. The molecule has 1 aliphatic heterocycles. The molecule has 3 aromatic rings. The Morgan fingerprint density at radius 1 is 1.12 bits per heavy atom. The molecule has 10 nitrogen and oxygen atoms in total. The minimum atomic E-state index is -2.74. The summed E-state index contributed by atoms with van der Waals surface area (Å²) in [5.74, 6) is -1.89. The Morgan fingerprint density at radius 3 is 2.46 bits per heavy atom. The van der Waals surface area contributed by atoms with Crippen LogP contribution in [-0.2, 0) is 9.53 Å². The summed E-state index contributed by atoms with van der Waals surface area (Å²) in [5.41, 5.74) is 1.08. The fourth-order valence-electron chi connectivity index (χ4n) is 4.87. The maximum atomic E-state index is 13.7. The first kappa shape index (κ1) is 29.0. The molecule has 2 atom stereocenters. The number of anilines is 2. The lowest BCUT2D eigenvalue weighted by Crippen LogP contribution is -2.52. The number of fused-ring (bicyclic) bond motifs is 1. The van der Waals surface area contributed by atoms with Crippen molar-refractivity contribution in [3.8, 4) is 22.8 Å². The molecule has 14 heteroatoms. The van der Waals surface area contributed by atoms with Gasteiger partial charge in [0, 0.05) is 48.7 Å². The van der Waals surface area contributed by atoms with Gasteiger partial charge < -0.3 is 30.2 Å². The SMILES string of the molecule is C=CC(=O)N[C@H]1CCOC[C@H]1Nc1ncc2cc(-c3c(Cl)c(OC)cc(OC)c3Cl)nc(NC3CC(F)(F)C3)c2n1. The van der Waals surface area contributed by atoms with E-state index in [0.717, 1.165) is 0 Å². The zero-order valence-electron chi connectivity index (χ0n) is 22.3. The number of rotatable bonds is 9. The molecule has 0 radical (unpaired) electrons. The number of amides is 1. The van der Waals surface area contributed by atoms with Gasteiger partial charge in [-0.3, -0.25) is 4.79 Å². The number of carbonyl (C=O) groups is 1. The molecule has 0 bridgehead atoms. The number of ether oxygens (including phenoxy) is 3. The van der Waals surface area contributed by atoms with Crippen LogP contribution in [-0.4, -0.2) is 72.3 Å². The molecular formula is C27H28Cl2F2N6O4. The van der Waals surface area contributed by atoms with Crippen LogP contribution in [0.25, 0.3) is 22.2 Å². The summed E-state index contributed by atoms with van der Waals surface area (Å²) in [4.78, 5) is 25.8. The Labute approximate surface area is 244 Å². The van der Waals surface area contributed by atoms with Gasteiger partial charge in [-0.25, -0.2) is 23.7 Å². The molecular weight excluding hydrogens is 581 g/mol. The van der Waals surface area contributed by atoms with Gasteiger partial charge in [0.2, 0.25) is 11.9 Å². The number of benzene rings is 1. The third-order valence-corrected chi connectivity index (χ3v) is 7.76. The van der Waals surface area contributed by atoms with Crippen molar-refractivity contribution >= 4 is 51.8 Å². The van der Waals surface area contributed by atoms with Crippen molar-refractivity contribution in [2.24, 2.45) is 0 Å². The van der Waals surface area contributed by atoms with Crippen molar-refractivity contribution < 1.29 is 27.8 Å². The van der Waals surface area contributed by atoms with Crippen molar-refractivity contribution in [1.82, 2.24) is 20.3 Å². The van der Waals surface area contributed by atoms with Crippen LogP contribution in [0, 0.1) is 0 Å². The summed E-state index contributed by atoms with van der Waals surface area (Å²) >= 11 is 13.3. The number of aromatic nitrogens is 3. The van der Waals surface area contributed by atoms with Crippen molar-refractivity contribution in [1.29, 1.82) is 0 Å². The summed E-state index contributed by atoms with van der Waals surface area (Å²) in [6.07, 6.45) is 2.70. The predicted molar refractivity (Wildman–Crippen MR) is 152 cm³/mol. The molecule has 3 heterocycles. The van der Waals surface area contributed by atoms with Crippen molar-refractivity contribution in [3.05, 3.63) is 41.0 Å². The molecule has 1 amide bonds. The molecule has 1 saturated heterocycles. The third-order valence-electron chi connectivity index (χ3n) is 7.01. The van der Waals surface area contributed by atoms with Crippen LogP contribution in [0.1, 0.15) is 19.3 Å². The monoisotopic (exact) mass is 608 g/mol. The second-order valence-electron chi connectivity index (χ2n) is 9.81. The molecule has 41 heavy (non-hydrogen) atoms. The number of hydrogen-bond donors (Lipinski definition) is 3. The van der Waals surface area contributed by atoms with Crippen LogP contribution in [0.5, 0.6) is 11.5 Å². The fraction of sp³-hybridized carbons (Fsp3) is 0.407. The smallest absolute Gasteiger partial charge is 0.252 e. The minimum absolute atomic E-state index is 0.204. The zero-order valence-corrected chi connectivity index (χ0v) is 23.8. The number of carbonyl (C=O) groups excluding carboxylic acids is 1. The van der Waals surface area contributed by atoms with Crippen molar-refractivity contribution in [2.45, 2.75) is 43.3 Å². The number of nitrogens with zero attached hydrogens (tertiary/aromatic N) is 3. The lowest BCUT2D eigenvalue weighted by molar-refractivity contribution is -0.117. The fourth-order valence-corrected chi connectivity index (χ4v) is 5.56. The second-order valence-corrected chi connectivity index (χ2v) is 10.6. The van der Waals surface area contributed by atoms with Crippen molar-refractivity contribution in [2.75, 3.05) is 38.1 Å². The molecule has 0 unspecified atom stereocenters. The van der Waals surface area contributed by atoms with E-state index in [1.165, 1.54) is 20.3 Å². The summed E-state index contributed by atoms with van der Waals surface area (Å²) < 4.78 is 43.8. The Bertz CT molecular complexity index is 1460. The van der Waals surface area contributed by atoms with Gasteiger partial charge in [0.15, 0.2) is 5.82 Å². The summed E-state index contributed by atoms with van der Waals surface area (Å²) in [6, 6.07) is 2.18. The predicted octanol–water partition coefficient (Wildman–Crippen LogP) is 5.10. The first-order valence-electron chi connectivity index (χ1n) is 12.8. The van der Waals surface area contributed by atoms with E-state index in [9.17, 15) is 13.6 Å². The van der Waals surface area contributed by atoms with Gasteiger partial charge in [-0.2, -0.15) is 0 Å². The van der Waals surface area contributed by atoms with Crippen LogP contribution in [0.15, 0.2) is 31.0 Å². The molecule has 1 saturated carbocycles. The largest absolute Gasteiger partial charge is 0.495 e. The van der Waals surface area contributed by atoms with E-state index in [1.807, 2.05) is 0 Å². The van der Waals surface area contributed by atoms with Gasteiger partial charge in [0.25, 0.3) is 5.92 Å². The van der Waals surface area contributed by atoms with Gasteiger partial charge in [0.05, 0.1) is 48.6 Å². The maximum absolute atomic E-state index is 13.7. The molecule has 5 rings (SSSR count). The summed E-state index contributed by atoms with van der Waals surface area (Å²) in [5, 5.41) is 10.2. The molecule has 3 N–H and O–H groups in total. The summed E-state index contributed by atoms with van der Waals surface area (Å²) in [7, 11) is 2.92. The Hall–Kier alpha value is -3.48. The highest BCUT2D eigenvalue weighted by Gasteiger charge is 2.45. The first-order valence-corrected chi connectivity index (χ1v) is 13.6. The third kappa shape index (κ3) is 6.09. The number of methoxy groups -OCH3 is 2. The van der Waals surface area contributed by atoms with Gasteiger partial charge in [-0.15, -0.1) is 0 Å². The van der Waals surface area contributed by atoms with E-state index < -0.39 is 12.0 Å². The standard InChI is InChI=1S/C27H28Cl2F2N6O4/c1-4-20(38)34-15-5-6-41-12-17(15)36-26-32-11-13-7-16(21-22(28)18(39-2)8-19(40-3)23(21)29)35-25(24(13)37-26)33-14-9-27(30,31)10-14/h4,7-8,11,14-15,17H,1,5-6,9-10,12H2,2-3H3,(H,33,35)(H,34,38)(H,32,36,37)/t15-,17+/m0/s1. The normalized spacial score (nSPS) is 20.1. The Balaban J connectivity index is 1.56. The molecule has 218 valence electrons. The highest BCUT2D eigenvalue weighted by molar-refractivity contribution is 6.41. The van der Waals surface area contributed by atoms with E-state index in [-0.39, 0.29) is 52.6 Å². The number of nitrogens with one attached hydrogen (secondary N) is 3. The average molecular weight is 609 g/mol. The number of halogens is 4. The van der Waals surface area contributed by atoms with Gasteiger partial charge in [-0.05, 0) is 18.6 Å². The highest BCUT2D eigenvalue weighted by Crippen LogP contribution is 2.46. The van der Waals surface area contributed by atoms with E-state index in [4.69, 9.17) is 42.4 Å². The van der Waals surface area contributed by atoms with Crippen LogP contribution in [0.3, 0.4) is 0 Å². The molecule has 1 aromatic carbocycles. The number of alkyl halides is 2. The maximum Gasteiger partial charge on any atom is 0.252 e. The van der Waals surface area contributed by atoms with Gasteiger partial charge >= 0.3 is 0 Å². The van der Waals surface area contributed by atoms with Crippen LogP contribution in [0.4, 0.5) is 20.5 Å². The van der Waals surface area contributed by atoms with Crippen molar-refractivity contribution in [3.63, 3.8) is 0 Å². The Morgan fingerprint density at radius 2 is 1.83 bits per heavy atom. The highest BCUT2D eigenvalue weighted by atomic mass is 35.5. The van der Waals surface area contributed by atoms with Gasteiger partial charge in [0.1, 0.15) is 17.0 Å². The van der Waals surface area contributed by atoms with E-state index >= 15 is 0 Å². The van der Waals surface area contributed by atoms with Crippen LogP contribution < -0.4 is 25.4 Å². The zero-order chi connectivity index (χ0) is 29.3. The van der Waals surface area contributed by atoms with E-state index in [2.05, 4.69) is 32.5 Å². The molecule has 1 aliphatic carbocycles. The molecule has 2 fully saturated rings. The first-order chi connectivity index (χ1) is 19.6.